The lowest BCUT2D eigenvalue weighted by molar-refractivity contribution is 0.0696. The number of ketones is 4. The van der Waals surface area contributed by atoms with Crippen LogP contribution in [0.2, 0.25) is 0 Å². The van der Waals surface area contributed by atoms with Crippen LogP contribution in [-0.4, -0.2) is 40.1 Å². The van der Waals surface area contributed by atoms with E-state index in [-0.39, 0.29) is 72.8 Å². The minimum absolute atomic E-state index is 0.00842. The number of nitrogen functional groups attached to an aromatic ring is 1. The molecule has 5 aromatic rings. The average Bonchev–Trinajstić information content (AvgIpc) is 3.06. The number of carboxylic acids is 1. The number of carboxylic acid groups (broad SMARTS) is 1. The zero-order valence-electron chi connectivity index (χ0n) is 23.2. The van der Waals surface area contributed by atoms with E-state index in [9.17, 15) is 33.9 Å². The molecule has 0 unspecified atom stereocenters. The van der Waals surface area contributed by atoms with Crippen molar-refractivity contribution in [3.05, 3.63) is 153 Å². The third kappa shape index (κ3) is 4.17. The fourth-order valence-corrected chi connectivity index (χ4v) is 5.90. The highest BCUT2D eigenvalue weighted by Crippen LogP contribution is 2.42. The summed E-state index contributed by atoms with van der Waals surface area (Å²) >= 11 is 0. The van der Waals surface area contributed by atoms with Crippen LogP contribution in [0.15, 0.2) is 97.1 Å². The van der Waals surface area contributed by atoms with Gasteiger partial charge in [0.05, 0.1) is 22.5 Å². The fraction of sp³-hybridized carbons (Fsp3) is 0. The summed E-state index contributed by atoms with van der Waals surface area (Å²) in [4.78, 5) is 79.2. The van der Waals surface area contributed by atoms with E-state index in [0.29, 0.717) is 11.1 Å². The van der Waals surface area contributed by atoms with E-state index >= 15 is 0 Å². The van der Waals surface area contributed by atoms with Gasteiger partial charge in [0.25, 0.3) is 5.91 Å². The summed E-state index contributed by atoms with van der Waals surface area (Å²) in [6.45, 7) is 0. The van der Waals surface area contributed by atoms with E-state index in [0.717, 1.165) is 0 Å². The van der Waals surface area contributed by atoms with E-state index in [4.69, 9.17) is 5.73 Å². The minimum Gasteiger partial charge on any atom is -0.478 e. The van der Waals surface area contributed by atoms with Gasteiger partial charge in [-0.3, -0.25) is 24.0 Å². The van der Waals surface area contributed by atoms with Crippen molar-refractivity contribution in [1.82, 2.24) is 0 Å². The Morgan fingerprint density at radius 2 is 1.02 bits per heavy atom. The van der Waals surface area contributed by atoms with E-state index in [2.05, 4.69) is 5.32 Å². The maximum Gasteiger partial charge on any atom is 0.335 e. The van der Waals surface area contributed by atoms with Crippen molar-refractivity contribution in [2.45, 2.75) is 0 Å². The molecule has 0 radical (unpaired) electrons. The number of carbonyl (C=O) groups is 6. The Labute approximate surface area is 254 Å². The molecular weight excluding hydrogens is 572 g/mol. The number of nitrogens with one attached hydrogen (secondary N) is 1. The molecular formula is C36H20N2O7. The van der Waals surface area contributed by atoms with Crippen molar-refractivity contribution in [2.24, 2.45) is 0 Å². The largest absolute Gasteiger partial charge is 0.478 e. The second kappa shape index (κ2) is 10.1. The van der Waals surface area contributed by atoms with Gasteiger partial charge in [0, 0.05) is 44.5 Å². The number of hydrogen-bond donors (Lipinski definition) is 3. The maximum atomic E-state index is 13.9. The number of anilines is 2. The van der Waals surface area contributed by atoms with Crippen molar-refractivity contribution >= 4 is 46.4 Å². The van der Waals surface area contributed by atoms with E-state index < -0.39 is 29.2 Å². The van der Waals surface area contributed by atoms with E-state index in [1.807, 2.05) is 0 Å². The Hall–Kier alpha value is -6.48. The Morgan fingerprint density at radius 3 is 1.60 bits per heavy atom. The van der Waals surface area contributed by atoms with Gasteiger partial charge in [-0.05, 0) is 47.5 Å². The van der Waals surface area contributed by atoms with Crippen LogP contribution in [0, 0.1) is 0 Å². The number of fused-ring (bicyclic) bond motifs is 4. The first kappa shape index (κ1) is 27.4. The molecule has 0 spiro atoms. The summed E-state index contributed by atoms with van der Waals surface area (Å²) in [5, 5.41) is 12.0. The van der Waals surface area contributed by atoms with Crippen molar-refractivity contribution in [3.63, 3.8) is 0 Å². The lowest BCUT2D eigenvalue weighted by atomic mass is 9.79. The highest BCUT2D eigenvalue weighted by molar-refractivity contribution is 6.34. The van der Waals surface area contributed by atoms with Gasteiger partial charge in [-0.1, -0.05) is 60.7 Å². The lowest BCUT2D eigenvalue weighted by Crippen LogP contribution is -2.26. The Kier molecular flexibility index (Phi) is 6.12. The molecule has 0 bridgehead atoms. The monoisotopic (exact) mass is 592 g/mol. The molecule has 7 rings (SSSR count). The SMILES string of the molecule is Nc1cc(-c2ccc(C(=O)O)cc2)c2c(c1NC(=O)c1ccc3c(c1)C(=O)c1ccccc1C3=O)C(=O)c1ccccc1C2=O. The summed E-state index contributed by atoms with van der Waals surface area (Å²) in [5.74, 6) is -3.58. The van der Waals surface area contributed by atoms with Crippen LogP contribution >= 0.6 is 0 Å². The molecule has 5 aromatic carbocycles. The minimum atomic E-state index is -1.13. The first-order valence-corrected chi connectivity index (χ1v) is 13.8. The lowest BCUT2D eigenvalue weighted by Gasteiger charge is -2.25. The molecule has 0 saturated carbocycles. The van der Waals surface area contributed by atoms with Crippen molar-refractivity contribution < 1.29 is 33.9 Å². The zero-order chi connectivity index (χ0) is 31.6. The first-order chi connectivity index (χ1) is 21.7. The first-order valence-electron chi connectivity index (χ1n) is 13.8. The molecule has 0 heterocycles. The summed E-state index contributed by atoms with van der Waals surface area (Å²) in [6, 6.07) is 24.1. The second-order valence-electron chi connectivity index (χ2n) is 10.6. The molecule has 216 valence electrons. The second-order valence-corrected chi connectivity index (χ2v) is 10.6. The fourth-order valence-electron chi connectivity index (χ4n) is 5.90. The van der Waals surface area contributed by atoms with Gasteiger partial charge in [-0.25, -0.2) is 4.79 Å². The molecule has 0 fully saturated rings. The maximum absolute atomic E-state index is 13.9. The third-order valence-electron chi connectivity index (χ3n) is 8.10. The summed E-state index contributed by atoms with van der Waals surface area (Å²) < 4.78 is 0. The molecule has 2 aliphatic carbocycles. The molecule has 0 aromatic heterocycles. The predicted octanol–water partition coefficient (Wildman–Crippen LogP) is 5.44. The molecule has 45 heavy (non-hydrogen) atoms. The van der Waals surface area contributed by atoms with Gasteiger partial charge in [0.1, 0.15) is 0 Å². The van der Waals surface area contributed by atoms with Gasteiger partial charge in [0.2, 0.25) is 0 Å². The highest BCUT2D eigenvalue weighted by atomic mass is 16.4. The third-order valence-corrected chi connectivity index (χ3v) is 8.10. The number of carbonyl (C=O) groups excluding carboxylic acids is 5. The summed E-state index contributed by atoms with van der Waals surface area (Å²) in [7, 11) is 0. The van der Waals surface area contributed by atoms with Crippen molar-refractivity contribution in [1.29, 1.82) is 0 Å². The normalized spacial score (nSPS) is 13.0. The number of hydrogen-bond acceptors (Lipinski definition) is 7. The van der Waals surface area contributed by atoms with Crippen LogP contribution in [0.3, 0.4) is 0 Å². The van der Waals surface area contributed by atoms with Crippen molar-refractivity contribution in [3.8, 4) is 11.1 Å². The number of nitrogens with two attached hydrogens (primary N) is 1. The smallest absolute Gasteiger partial charge is 0.335 e. The molecule has 0 atom stereocenters. The number of amides is 1. The molecule has 4 N–H and O–H groups in total. The van der Waals surface area contributed by atoms with Gasteiger partial charge in [-0.2, -0.15) is 0 Å². The van der Waals surface area contributed by atoms with Crippen LogP contribution in [-0.2, 0) is 0 Å². The number of rotatable bonds is 4. The average molecular weight is 593 g/mol. The van der Waals surface area contributed by atoms with E-state index in [1.165, 1.54) is 60.7 Å². The molecule has 1 amide bonds. The molecule has 2 aliphatic rings. The van der Waals surface area contributed by atoms with Crippen LogP contribution in [0.5, 0.6) is 0 Å². The van der Waals surface area contributed by atoms with Crippen LogP contribution in [0.1, 0.15) is 84.4 Å². The van der Waals surface area contributed by atoms with Crippen LogP contribution in [0.4, 0.5) is 11.4 Å². The Bertz CT molecular complexity index is 2210. The number of benzene rings is 5. The Morgan fingerprint density at radius 1 is 0.533 bits per heavy atom. The summed E-state index contributed by atoms with van der Waals surface area (Å²) in [6.07, 6.45) is 0. The Balaban J connectivity index is 1.34. The summed E-state index contributed by atoms with van der Waals surface area (Å²) in [5.41, 5.74) is 8.13. The van der Waals surface area contributed by atoms with Gasteiger partial charge in [-0.15, -0.1) is 0 Å². The van der Waals surface area contributed by atoms with Crippen LogP contribution in [0.25, 0.3) is 11.1 Å². The predicted molar refractivity (Wildman–Crippen MR) is 164 cm³/mol. The van der Waals surface area contributed by atoms with Crippen molar-refractivity contribution in [2.75, 3.05) is 11.1 Å². The number of aromatic carboxylic acids is 1. The molecule has 9 nitrogen and oxygen atoms in total. The van der Waals surface area contributed by atoms with Gasteiger partial charge >= 0.3 is 5.97 Å². The van der Waals surface area contributed by atoms with Gasteiger partial charge < -0.3 is 16.2 Å². The van der Waals surface area contributed by atoms with E-state index in [1.54, 1.807) is 36.4 Å². The van der Waals surface area contributed by atoms with Gasteiger partial charge in [0.15, 0.2) is 23.1 Å². The molecule has 0 saturated heterocycles. The topological polar surface area (TPSA) is 161 Å². The molecule has 9 heteroatoms. The highest BCUT2D eigenvalue weighted by Gasteiger charge is 2.36. The quantitative estimate of drug-likeness (QED) is 0.228. The molecule has 0 aliphatic heterocycles. The van der Waals surface area contributed by atoms with Crippen LogP contribution < -0.4 is 11.1 Å². The standard InChI is InChI=1S/C36H20N2O7/c37-27-16-25(17-9-11-18(12-10-17)36(44)45)28-29(34(42)23-8-4-3-7-22(23)33(28)41)30(27)38-35(43)19-13-14-24-26(15-19)32(40)21-6-2-1-5-20(21)31(24)39/h1-16H,37H2,(H,38,43)(H,44,45). The zero-order valence-corrected chi connectivity index (χ0v) is 23.2.